The zero-order valence-corrected chi connectivity index (χ0v) is 10.9. The summed E-state index contributed by atoms with van der Waals surface area (Å²) in [6, 6.07) is 7.57. The van der Waals surface area contributed by atoms with Gasteiger partial charge in [-0.2, -0.15) is 0 Å². The summed E-state index contributed by atoms with van der Waals surface area (Å²) < 4.78 is 0.951. The smallest absolute Gasteiger partial charge is 0.253 e. The number of rotatable bonds is 1. The van der Waals surface area contributed by atoms with E-state index in [9.17, 15) is 4.79 Å². The number of halogens is 1. The number of hydrogen-bond donors (Lipinski definition) is 0. The van der Waals surface area contributed by atoms with Crippen LogP contribution in [0.15, 0.2) is 28.7 Å². The topological polar surface area (TPSA) is 23.6 Å². The predicted octanol–water partition coefficient (Wildman–Crippen LogP) is 1.84. The van der Waals surface area contributed by atoms with E-state index in [0.29, 0.717) is 0 Å². The standard InChI is InChI=1S/C12H15BrN2O/c1-14-5-7-15(8-6-14)12(16)10-3-2-4-11(13)9-10/h2-4,9H,5-8H2,1H3. The van der Waals surface area contributed by atoms with E-state index in [1.165, 1.54) is 0 Å². The van der Waals surface area contributed by atoms with Crippen LogP contribution in [-0.2, 0) is 0 Å². The van der Waals surface area contributed by atoms with E-state index >= 15 is 0 Å². The fraction of sp³-hybridized carbons (Fsp3) is 0.417. The third kappa shape index (κ3) is 2.62. The largest absolute Gasteiger partial charge is 0.336 e. The summed E-state index contributed by atoms with van der Waals surface area (Å²) >= 11 is 3.39. The van der Waals surface area contributed by atoms with Crippen molar-refractivity contribution >= 4 is 21.8 Å². The SMILES string of the molecule is CN1CCN(C(=O)c2cccc(Br)c2)CC1. The molecule has 1 aliphatic rings. The maximum Gasteiger partial charge on any atom is 0.253 e. The molecule has 0 aliphatic carbocycles. The Balaban J connectivity index is 2.08. The van der Waals surface area contributed by atoms with Crippen LogP contribution in [0.3, 0.4) is 0 Å². The Morgan fingerprint density at radius 1 is 1.25 bits per heavy atom. The van der Waals surface area contributed by atoms with Crippen molar-refractivity contribution in [1.29, 1.82) is 0 Å². The van der Waals surface area contributed by atoms with Crippen LogP contribution >= 0.6 is 15.9 Å². The molecule has 0 aromatic heterocycles. The van der Waals surface area contributed by atoms with E-state index in [-0.39, 0.29) is 5.91 Å². The number of carbonyl (C=O) groups excluding carboxylic acids is 1. The van der Waals surface area contributed by atoms with Crippen molar-refractivity contribution < 1.29 is 4.79 Å². The van der Waals surface area contributed by atoms with Gasteiger partial charge in [0.25, 0.3) is 5.91 Å². The Kier molecular flexibility index (Phi) is 3.61. The van der Waals surface area contributed by atoms with Gasteiger partial charge in [0.1, 0.15) is 0 Å². The van der Waals surface area contributed by atoms with Crippen LogP contribution in [0.2, 0.25) is 0 Å². The third-order valence-corrected chi connectivity index (χ3v) is 3.36. The number of carbonyl (C=O) groups is 1. The van der Waals surface area contributed by atoms with Gasteiger partial charge in [-0.1, -0.05) is 22.0 Å². The van der Waals surface area contributed by atoms with Crippen molar-refractivity contribution in [3.8, 4) is 0 Å². The maximum atomic E-state index is 12.1. The molecule has 1 fully saturated rings. The lowest BCUT2D eigenvalue weighted by Gasteiger charge is -2.32. The van der Waals surface area contributed by atoms with Gasteiger partial charge in [-0.3, -0.25) is 4.79 Å². The van der Waals surface area contributed by atoms with E-state index < -0.39 is 0 Å². The molecular weight excluding hydrogens is 268 g/mol. The summed E-state index contributed by atoms with van der Waals surface area (Å²) in [6.07, 6.45) is 0. The molecule has 1 saturated heterocycles. The van der Waals surface area contributed by atoms with Crippen molar-refractivity contribution in [2.24, 2.45) is 0 Å². The lowest BCUT2D eigenvalue weighted by Crippen LogP contribution is -2.47. The molecule has 1 amide bonds. The first-order chi connectivity index (χ1) is 7.66. The lowest BCUT2D eigenvalue weighted by molar-refractivity contribution is 0.0664. The molecule has 0 atom stereocenters. The molecule has 0 unspecified atom stereocenters. The van der Waals surface area contributed by atoms with E-state index in [2.05, 4.69) is 27.9 Å². The Morgan fingerprint density at radius 3 is 2.56 bits per heavy atom. The first-order valence-electron chi connectivity index (χ1n) is 5.40. The van der Waals surface area contributed by atoms with Crippen LogP contribution in [0.4, 0.5) is 0 Å². The minimum Gasteiger partial charge on any atom is -0.336 e. The van der Waals surface area contributed by atoms with E-state index in [0.717, 1.165) is 36.2 Å². The molecule has 0 radical (unpaired) electrons. The van der Waals surface area contributed by atoms with Crippen LogP contribution in [0, 0.1) is 0 Å². The normalized spacial score (nSPS) is 17.5. The summed E-state index contributed by atoms with van der Waals surface area (Å²) in [6.45, 7) is 3.56. The summed E-state index contributed by atoms with van der Waals surface area (Å²) in [5.41, 5.74) is 0.763. The van der Waals surface area contributed by atoms with Gasteiger partial charge >= 0.3 is 0 Å². The second-order valence-electron chi connectivity index (χ2n) is 4.11. The average Bonchev–Trinajstić information content (AvgIpc) is 2.29. The number of hydrogen-bond acceptors (Lipinski definition) is 2. The molecule has 1 aromatic carbocycles. The fourth-order valence-corrected chi connectivity index (χ4v) is 2.21. The molecule has 4 heteroatoms. The van der Waals surface area contributed by atoms with Gasteiger partial charge in [-0.05, 0) is 25.2 Å². The van der Waals surface area contributed by atoms with Gasteiger partial charge < -0.3 is 9.80 Å². The molecule has 16 heavy (non-hydrogen) atoms. The first kappa shape index (κ1) is 11.6. The number of likely N-dealkylation sites (N-methyl/N-ethyl adjacent to an activating group) is 1. The number of amides is 1. The highest BCUT2D eigenvalue weighted by Crippen LogP contribution is 2.14. The Bertz CT molecular complexity index is 386. The molecule has 3 nitrogen and oxygen atoms in total. The number of nitrogens with zero attached hydrogens (tertiary/aromatic N) is 2. The Morgan fingerprint density at radius 2 is 1.94 bits per heavy atom. The first-order valence-corrected chi connectivity index (χ1v) is 6.19. The molecule has 1 heterocycles. The quantitative estimate of drug-likeness (QED) is 0.785. The third-order valence-electron chi connectivity index (χ3n) is 2.86. The fourth-order valence-electron chi connectivity index (χ4n) is 1.81. The molecular formula is C12H15BrN2O. The van der Waals surface area contributed by atoms with Crippen LogP contribution in [-0.4, -0.2) is 48.9 Å². The van der Waals surface area contributed by atoms with Crippen LogP contribution < -0.4 is 0 Å². The minimum absolute atomic E-state index is 0.134. The molecule has 0 spiro atoms. The van der Waals surface area contributed by atoms with Crippen molar-refractivity contribution in [2.75, 3.05) is 33.2 Å². The van der Waals surface area contributed by atoms with E-state index in [1.807, 2.05) is 29.2 Å². The molecule has 1 aliphatic heterocycles. The number of benzene rings is 1. The molecule has 0 bridgehead atoms. The summed E-state index contributed by atoms with van der Waals surface area (Å²) in [5.74, 6) is 0.134. The van der Waals surface area contributed by atoms with Crippen LogP contribution in [0.25, 0.3) is 0 Å². The van der Waals surface area contributed by atoms with Crippen molar-refractivity contribution in [3.05, 3.63) is 34.3 Å². The zero-order valence-electron chi connectivity index (χ0n) is 9.32. The average molecular weight is 283 g/mol. The molecule has 2 rings (SSSR count). The summed E-state index contributed by atoms with van der Waals surface area (Å²) in [4.78, 5) is 16.3. The van der Waals surface area contributed by atoms with Crippen molar-refractivity contribution in [3.63, 3.8) is 0 Å². The molecule has 0 N–H and O–H groups in total. The van der Waals surface area contributed by atoms with Gasteiger partial charge in [0.2, 0.25) is 0 Å². The van der Waals surface area contributed by atoms with Gasteiger partial charge in [0, 0.05) is 36.2 Å². The second-order valence-corrected chi connectivity index (χ2v) is 5.02. The summed E-state index contributed by atoms with van der Waals surface area (Å²) in [7, 11) is 2.08. The molecule has 86 valence electrons. The highest BCUT2D eigenvalue weighted by molar-refractivity contribution is 9.10. The highest BCUT2D eigenvalue weighted by Gasteiger charge is 2.20. The second kappa shape index (κ2) is 4.97. The predicted molar refractivity (Wildman–Crippen MR) is 67.5 cm³/mol. The van der Waals surface area contributed by atoms with Gasteiger partial charge in [-0.15, -0.1) is 0 Å². The van der Waals surface area contributed by atoms with E-state index in [4.69, 9.17) is 0 Å². The van der Waals surface area contributed by atoms with Crippen LogP contribution in [0.5, 0.6) is 0 Å². The maximum absolute atomic E-state index is 12.1. The molecule has 1 aromatic rings. The van der Waals surface area contributed by atoms with Gasteiger partial charge in [0.05, 0.1) is 0 Å². The van der Waals surface area contributed by atoms with Crippen molar-refractivity contribution in [1.82, 2.24) is 9.80 Å². The van der Waals surface area contributed by atoms with Crippen molar-refractivity contribution in [2.45, 2.75) is 0 Å². The van der Waals surface area contributed by atoms with E-state index in [1.54, 1.807) is 0 Å². The zero-order chi connectivity index (χ0) is 11.5. The van der Waals surface area contributed by atoms with Gasteiger partial charge in [0.15, 0.2) is 0 Å². The highest BCUT2D eigenvalue weighted by atomic mass is 79.9. The summed E-state index contributed by atoms with van der Waals surface area (Å²) in [5, 5.41) is 0. The minimum atomic E-state index is 0.134. The monoisotopic (exact) mass is 282 g/mol. The Hall–Kier alpha value is -0.870. The molecule has 0 saturated carbocycles. The van der Waals surface area contributed by atoms with Gasteiger partial charge in [-0.25, -0.2) is 0 Å². The lowest BCUT2D eigenvalue weighted by atomic mass is 10.2. The number of piperazine rings is 1. The Labute approximate surface area is 104 Å². The van der Waals surface area contributed by atoms with Crippen LogP contribution in [0.1, 0.15) is 10.4 Å².